The molecule has 0 N–H and O–H groups in total. The van der Waals surface area contributed by atoms with Gasteiger partial charge in [0.2, 0.25) is 0 Å². The molecule has 0 unspecified atom stereocenters. The molecule has 0 atom stereocenters. The van der Waals surface area contributed by atoms with E-state index in [-0.39, 0.29) is 11.7 Å². The summed E-state index contributed by atoms with van der Waals surface area (Å²) in [6.07, 6.45) is 1.80. The highest BCUT2D eigenvalue weighted by atomic mass is 19.1. The van der Waals surface area contributed by atoms with Crippen LogP contribution >= 0.6 is 0 Å². The summed E-state index contributed by atoms with van der Waals surface area (Å²) in [6, 6.07) is 5.34. The maximum Gasteiger partial charge on any atom is 0.139 e. The Kier molecular flexibility index (Phi) is 3.01. The minimum Gasteiger partial charge on any atom is -0.331 e. The van der Waals surface area contributed by atoms with Crippen molar-refractivity contribution in [2.45, 2.75) is 26.7 Å². The second kappa shape index (κ2) is 4.32. The van der Waals surface area contributed by atoms with Gasteiger partial charge in [-0.1, -0.05) is 26.0 Å². The fourth-order valence-electron chi connectivity index (χ4n) is 1.90. The van der Waals surface area contributed by atoms with Crippen LogP contribution in [-0.4, -0.2) is 9.55 Å². The zero-order valence-electron chi connectivity index (χ0n) is 10.7. The summed E-state index contributed by atoms with van der Waals surface area (Å²) in [6.45, 7) is 5.96. The Morgan fingerprint density at radius 3 is 2.47 bits per heavy atom. The maximum absolute atomic E-state index is 13.9. The first-order chi connectivity index (χ1) is 8.00. The van der Waals surface area contributed by atoms with Gasteiger partial charge in [0.1, 0.15) is 11.6 Å². The van der Waals surface area contributed by atoms with Crippen molar-refractivity contribution in [3.63, 3.8) is 0 Å². The molecule has 0 aliphatic heterocycles. The highest BCUT2D eigenvalue weighted by Gasteiger charge is 2.11. The van der Waals surface area contributed by atoms with Crippen molar-refractivity contribution < 1.29 is 4.39 Å². The Morgan fingerprint density at radius 1 is 1.29 bits per heavy atom. The fraction of sp³-hybridized carbons (Fsp3) is 0.357. The van der Waals surface area contributed by atoms with E-state index >= 15 is 0 Å². The average molecular weight is 232 g/mol. The topological polar surface area (TPSA) is 17.8 Å². The number of rotatable bonds is 2. The quantitative estimate of drug-likeness (QED) is 0.772. The molecule has 2 nitrogen and oxygen atoms in total. The number of benzene rings is 1. The van der Waals surface area contributed by atoms with Crippen LogP contribution in [0, 0.1) is 12.7 Å². The standard InChI is InChI=1S/C14H17FN2/c1-9(2)12-6-5-11(7-13(12)15)14-16-8-10(3)17(14)4/h5-9H,1-4H3. The van der Waals surface area contributed by atoms with Crippen LogP contribution in [-0.2, 0) is 7.05 Å². The molecular formula is C14H17FN2. The molecule has 17 heavy (non-hydrogen) atoms. The van der Waals surface area contributed by atoms with Gasteiger partial charge in [-0.2, -0.15) is 0 Å². The Labute approximate surface area is 101 Å². The predicted octanol–water partition coefficient (Wildman–Crippen LogP) is 3.66. The normalized spacial score (nSPS) is 11.2. The lowest BCUT2D eigenvalue weighted by atomic mass is 10.0. The van der Waals surface area contributed by atoms with Crippen molar-refractivity contribution in [1.29, 1.82) is 0 Å². The number of hydrogen-bond donors (Lipinski definition) is 0. The maximum atomic E-state index is 13.9. The van der Waals surface area contributed by atoms with Crippen LogP contribution < -0.4 is 0 Å². The zero-order valence-corrected chi connectivity index (χ0v) is 10.7. The first-order valence-corrected chi connectivity index (χ1v) is 5.79. The average Bonchev–Trinajstić information content (AvgIpc) is 2.59. The molecule has 1 heterocycles. The van der Waals surface area contributed by atoms with Gasteiger partial charge in [0.05, 0.1) is 0 Å². The first kappa shape index (κ1) is 11.8. The van der Waals surface area contributed by atoms with Crippen LogP contribution in [0.5, 0.6) is 0 Å². The van der Waals surface area contributed by atoms with Gasteiger partial charge in [-0.15, -0.1) is 0 Å². The third-order valence-electron chi connectivity index (χ3n) is 3.10. The molecule has 0 saturated carbocycles. The van der Waals surface area contributed by atoms with Gasteiger partial charge in [0, 0.05) is 24.5 Å². The van der Waals surface area contributed by atoms with Crippen molar-refractivity contribution in [2.24, 2.45) is 7.05 Å². The lowest BCUT2D eigenvalue weighted by Gasteiger charge is -2.09. The summed E-state index contributed by atoms with van der Waals surface area (Å²) in [7, 11) is 1.94. The van der Waals surface area contributed by atoms with Crippen LogP contribution in [0.4, 0.5) is 4.39 Å². The molecule has 0 bridgehead atoms. The molecule has 3 heteroatoms. The molecule has 0 amide bonds. The zero-order chi connectivity index (χ0) is 12.6. The molecule has 0 spiro atoms. The minimum atomic E-state index is -0.154. The van der Waals surface area contributed by atoms with Gasteiger partial charge in [-0.05, 0) is 24.5 Å². The van der Waals surface area contributed by atoms with Gasteiger partial charge in [-0.25, -0.2) is 9.37 Å². The van der Waals surface area contributed by atoms with Crippen LogP contribution in [0.15, 0.2) is 24.4 Å². The largest absolute Gasteiger partial charge is 0.331 e. The predicted molar refractivity (Wildman–Crippen MR) is 67.4 cm³/mol. The molecule has 0 fully saturated rings. The summed E-state index contributed by atoms with van der Waals surface area (Å²) in [4.78, 5) is 4.30. The molecule has 0 aliphatic carbocycles. The Bertz CT molecular complexity index is 541. The molecule has 90 valence electrons. The number of hydrogen-bond acceptors (Lipinski definition) is 1. The van der Waals surface area contributed by atoms with Gasteiger partial charge in [0.25, 0.3) is 0 Å². The van der Waals surface area contributed by atoms with Crippen molar-refractivity contribution in [3.05, 3.63) is 41.5 Å². The molecule has 1 aromatic carbocycles. The number of halogens is 1. The number of nitrogens with zero attached hydrogens (tertiary/aromatic N) is 2. The molecule has 2 rings (SSSR count). The van der Waals surface area contributed by atoms with Crippen molar-refractivity contribution in [1.82, 2.24) is 9.55 Å². The van der Waals surface area contributed by atoms with Crippen LogP contribution in [0.2, 0.25) is 0 Å². The summed E-state index contributed by atoms with van der Waals surface area (Å²) in [5.74, 6) is 0.849. The van der Waals surface area contributed by atoms with E-state index in [1.807, 2.05) is 44.5 Å². The lowest BCUT2D eigenvalue weighted by molar-refractivity contribution is 0.598. The molecule has 1 aromatic heterocycles. The van der Waals surface area contributed by atoms with E-state index in [2.05, 4.69) is 4.98 Å². The smallest absolute Gasteiger partial charge is 0.139 e. The van der Waals surface area contributed by atoms with E-state index in [0.717, 1.165) is 22.6 Å². The SMILES string of the molecule is Cc1cnc(-c2ccc(C(C)C)c(F)c2)n1C. The van der Waals surface area contributed by atoms with E-state index in [0.29, 0.717) is 0 Å². The Morgan fingerprint density at radius 2 is 2.00 bits per heavy atom. The van der Waals surface area contributed by atoms with Crippen molar-refractivity contribution in [3.8, 4) is 11.4 Å². The molecule has 0 radical (unpaired) electrons. The number of aryl methyl sites for hydroxylation is 1. The van der Waals surface area contributed by atoms with E-state index < -0.39 is 0 Å². The Balaban J connectivity index is 2.48. The van der Waals surface area contributed by atoms with Crippen molar-refractivity contribution >= 4 is 0 Å². The first-order valence-electron chi connectivity index (χ1n) is 5.79. The Hall–Kier alpha value is -1.64. The van der Waals surface area contributed by atoms with E-state index in [1.54, 1.807) is 12.3 Å². The fourth-order valence-corrected chi connectivity index (χ4v) is 1.90. The highest BCUT2D eigenvalue weighted by Crippen LogP contribution is 2.24. The van der Waals surface area contributed by atoms with E-state index in [1.165, 1.54) is 0 Å². The lowest BCUT2D eigenvalue weighted by Crippen LogP contribution is -1.97. The summed E-state index contributed by atoms with van der Waals surface area (Å²) in [5.41, 5.74) is 2.63. The van der Waals surface area contributed by atoms with Crippen molar-refractivity contribution in [2.75, 3.05) is 0 Å². The van der Waals surface area contributed by atoms with Crippen LogP contribution in [0.25, 0.3) is 11.4 Å². The molecule has 2 aromatic rings. The summed E-state index contributed by atoms with van der Waals surface area (Å²) >= 11 is 0. The molecular weight excluding hydrogens is 215 g/mol. The monoisotopic (exact) mass is 232 g/mol. The van der Waals surface area contributed by atoms with Gasteiger partial charge in [-0.3, -0.25) is 0 Å². The summed E-state index contributed by atoms with van der Waals surface area (Å²) < 4.78 is 15.9. The highest BCUT2D eigenvalue weighted by molar-refractivity contribution is 5.57. The van der Waals surface area contributed by atoms with Gasteiger partial charge >= 0.3 is 0 Å². The number of aromatic nitrogens is 2. The van der Waals surface area contributed by atoms with Crippen LogP contribution in [0.1, 0.15) is 31.0 Å². The number of imidazole rings is 1. The molecule has 0 aliphatic rings. The third-order valence-corrected chi connectivity index (χ3v) is 3.10. The van der Waals surface area contributed by atoms with Gasteiger partial charge in [0.15, 0.2) is 0 Å². The second-order valence-electron chi connectivity index (χ2n) is 4.67. The van der Waals surface area contributed by atoms with Gasteiger partial charge < -0.3 is 4.57 Å². The van der Waals surface area contributed by atoms with Crippen LogP contribution in [0.3, 0.4) is 0 Å². The van der Waals surface area contributed by atoms with E-state index in [9.17, 15) is 4.39 Å². The second-order valence-corrected chi connectivity index (χ2v) is 4.67. The van der Waals surface area contributed by atoms with E-state index in [4.69, 9.17) is 0 Å². The molecule has 0 saturated heterocycles. The third kappa shape index (κ3) is 2.09. The minimum absolute atomic E-state index is 0.154. The summed E-state index contributed by atoms with van der Waals surface area (Å²) in [5, 5.41) is 0.